The van der Waals surface area contributed by atoms with Crippen LogP contribution in [0, 0.1) is 34.5 Å². The van der Waals surface area contributed by atoms with Crippen LogP contribution in [-0.2, 0) is 11.3 Å². The highest BCUT2D eigenvalue weighted by Crippen LogP contribution is 2.37. The minimum Gasteiger partial charge on any atom is -0.272 e. The lowest BCUT2D eigenvalue weighted by atomic mass is 9.76. The molecular weight excluding hydrogens is 324 g/mol. The Balaban J connectivity index is 1.93. The molecule has 0 aromatic heterocycles. The summed E-state index contributed by atoms with van der Waals surface area (Å²) in [6.07, 6.45) is 0. The SMILES string of the molecule is CC1=NN(Cc2ccccc2)C(=O)[C@@H]1[C@H](c1ccccc1)C(C#N)C#N. The summed E-state index contributed by atoms with van der Waals surface area (Å²) in [5.41, 5.74) is 2.41. The van der Waals surface area contributed by atoms with Crippen molar-refractivity contribution >= 4 is 11.6 Å². The van der Waals surface area contributed by atoms with Gasteiger partial charge in [0.15, 0.2) is 0 Å². The summed E-state index contributed by atoms with van der Waals surface area (Å²) in [6.45, 7) is 2.16. The zero-order valence-corrected chi connectivity index (χ0v) is 14.4. The second-order valence-corrected chi connectivity index (χ2v) is 6.27. The fourth-order valence-corrected chi connectivity index (χ4v) is 3.37. The predicted molar refractivity (Wildman–Crippen MR) is 97.5 cm³/mol. The molecule has 0 fully saturated rings. The Labute approximate surface area is 152 Å². The molecule has 0 unspecified atom stereocenters. The van der Waals surface area contributed by atoms with Crippen LogP contribution in [0.2, 0.25) is 0 Å². The Morgan fingerprint density at radius 3 is 2.19 bits per heavy atom. The van der Waals surface area contributed by atoms with Gasteiger partial charge in [-0.15, -0.1) is 0 Å². The average Bonchev–Trinajstić information content (AvgIpc) is 2.94. The van der Waals surface area contributed by atoms with Crippen molar-refractivity contribution in [2.45, 2.75) is 19.4 Å². The van der Waals surface area contributed by atoms with Gasteiger partial charge in [-0.2, -0.15) is 15.6 Å². The van der Waals surface area contributed by atoms with Gasteiger partial charge in [0.2, 0.25) is 0 Å². The molecule has 0 aliphatic carbocycles. The van der Waals surface area contributed by atoms with E-state index in [4.69, 9.17) is 0 Å². The van der Waals surface area contributed by atoms with Gasteiger partial charge in [-0.1, -0.05) is 60.7 Å². The summed E-state index contributed by atoms with van der Waals surface area (Å²) in [4.78, 5) is 13.1. The first-order chi connectivity index (χ1) is 12.7. The van der Waals surface area contributed by atoms with E-state index in [9.17, 15) is 15.3 Å². The Bertz CT molecular complexity index is 879. The number of hydrogen-bond acceptors (Lipinski definition) is 4. The van der Waals surface area contributed by atoms with Gasteiger partial charge in [0.25, 0.3) is 5.91 Å². The first-order valence-electron chi connectivity index (χ1n) is 8.40. The van der Waals surface area contributed by atoms with E-state index in [1.807, 2.05) is 72.8 Å². The van der Waals surface area contributed by atoms with Gasteiger partial charge >= 0.3 is 0 Å². The van der Waals surface area contributed by atoms with E-state index in [2.05, 4.69) is 5.10 Å². The molecule has 0 bridgehead atoms. The number of hydrazone groups is 1. The highest BCUT2D eigenvalue weighted by Gasteiger charge is 2.43. The Morgan fingerprint density at radius 2 is 1.62 bits per heavy atom. The molecule has 1 aliphatic rings. The molecule has 3 rings (SSSR count). The van der Waals surface area contributed by atoms with Crippen LogP contribution < -0.4 is 0 Å². The fourth-order valence-electron chi connectivity index (χ4n) is 3.37. The van der Waals surface area contributed by atoms with Crippen molar-refractivity contribution < 1.29 is 4.79 Å². The largest absolute Gasteiger partial charge is 0.272 e. The monoisotopic (exact) mass is 342 g/mol. The predicted octanol–water partition coefficient (Wildman–Crippen LogP) is 3.47. The summed E-state index contributed by atoms with van der Waals surface area (Å²) in [7, 11) is 0. The lowest BCUT2D eigenvalue weighted by Crippen LogP contribution is -2.34. The van der Waals surface area contributed by atoms with Crippen LogP contribution in [0.5, 0.6) is 0 Å². The average molecular weight is 342 g/mol. The maximum Gasteiger partial charge on any atom is 0.252 e. The number of carbonyl (C=O) groups excluding carboxylic acids is 1. The number of nitrogens with zero attached hydrogens (tertiary/aromatic N) is 4. The smallest absolute Gasteiger partial charge is 0.252 e. The lowest BCUT2D eigenvalue weighted by Gasteiger charge is -2.24. The minimum absolute atomic E-state index is 0.171. The summed E-state index contributed by atoms with van der Waals surface area (Å²) < 4.78 is 0. The molecule has 5 nitrogen and oxygen atoms in total. The van der Waals surface area contributed by atoms with E-state index < -0.39 is 17.8 Å². The van der Waals surface area contributed by atoms with Gasteiger partial charge < -0.3 is 0 Å². The molecular formula is C21H18N4O. The van der Waals surface area contributed by atoms with Gasteiger partial charge in [0.1, 0.15) is 5.92 Å². The Kier molecular flexibility index (Phi) is 5.10. The number of carbonyl (C=O) groups is 1. The van der Waals surface area contributed by atoms with Gasteiger partial charge in [0, 0.05) is 11.6 Å². The first-order valence-corrected chi connectivity index (χ1v) is 8.40. The van der Waals surface area contributed by atoms with Crippen molar-refractivity contribution in [3.05, 3.63) is 71.8 Å². The molecule has 26 heavy (non-hydrogen) atoms. The van der Waals surface area contributed by atoms with E-state index in [-0.39, 0.29) is 5.91 Å². The number of benzene rings is 2. The van der Waals surface area contributed by atoms with Crippen LogP contribution in [0.25, 0.3) is 0 Å². The van der Waals surface area contributed by atoms with Gasteiger partial charge in [-0.05, 0) is 18.1 Å². The molecule has 5 heteroatoms. The number of rotatable bonds is 5. The highest BCUT2D eigenvalue weighted by atomic mass is 16.2. The number of hydrogen-bond donors (Lipinski definition) is 0. The minimum atomic E-state index is -0.923. The second kappa shape index (κ2) is 7.63. The van der Waals surface area contributed by atoms with Crippen LogP contribution >= 0.6 is 0 Å². The summed E-state index contributed by atoms with van der Waals surface area (Å²) in [5, 5.41) is 24.8. The summed E-state index contributed by atoms with van der Waals surface area (Å²) >= 11 is 0. The van der Waals surface area contributed by atoms with Crippen LogP contribution in [0.4, 0.5) is 0 Å². The molecule has 2 atom stereocenters. The highest BCUT2D eigenvalue weighted by molar-refractivity contribution is 6.07. The maximum atomic E-state index is 13.1. The maximum absolute atomic E-state index is 13.1. The molecule has 2 aromatic carbocycles. The quantitative estimate of drug-likeness (QED) is 0.834. The molecule has 1 aliphatic heterocycles. The molecule has 0 spiro atoms. The van der Waals surface area contributed by atoms with E-state index >= 15 is 0 Å². The second-order valence-electron chi connectivity index (χ2n) is 6.27. The van der Waals surface area contributed by atoms with Crippen molar-refractivity contribution in [1.29, 1.82) is 10.5 Å². The third kappa shape index (κ3) is 3.34. The van der Waals surface area contributed by atoms with Crippen LogP contribution in [0.15, 0.2) is 65.8 Å². The molecule has 1 heterocycles. The van der Waals surface area contributed by atoms with Gasteiger partial charge in [-0.25, -0.2) is 5.01 Å². The van der Waals surface area contributed by atoms with Crippen molar-refractivity contribution in [2.75, 3.05) is 0 Å². The normalized spacial score (nSPS) is 17.5. The summed E-state index contributed by atoms with van der Waals surface area (Å²) in [6, 6.07) is 23.0. The molecule has 128 valence electrons. The fraction of sp³-hybridized carbons (Fsp3) is 0.238. The van der Waals surface area contributed by atoms with Gasteiger partial charge in [0.05, 0.1) is 24.6 Å². The van der Waals surface area contributed by atoms with E-state index in [0.717, 1.165) is 11.1 Å². The molecule has 0 radical (unpaired) electrons. The Hall–Kier alpha value is -3.44. The van der Waals surface area contributed by atoms with Crippen LogP contribution in [-0.4, -0.2) is 16.6 Å². The van der Waals surface area contributed by atoms with E-state index in [0.29, 0.717) is 12.3 Å². The third-order valence-electron chi connectivity index (χ3n) is 4.61. The van der Waals surface area contributed by atoms with E-state index in [1.165, 1.54) is 5.01 Å². The first kappa shape index (κ1) is 17.4. The van der Waals surface area contributed by atoms with Crippen LogP contribution in [0.1, 0.15) is 24.0 Å². The molecule has 0 N–H and O–H groups in total. The Morgan fingerprint density at radius 1 is 1.04 bits per heavy atom. The topological polar surface area (TPSA) is 80.2 Å². The van der Waals surface area contributed by atoms with Gasteiger partial charge in [-0.3, -0.25) is 4.79 Å². The van der Waals surface area contributed by atoms with Crippen molar-refractivity contribution in [3.63, 3.8) is 0 Å². The number of amides is 1. The number of nitriles is 2. The summed E-state index contributed by atoms with van der Waals surface area (Å²) in [5.74, 6) is -2.24. The van der Waals surface area contributed by atoms with Crippen molar-refractivity contribution in [1.82, 2.24) is 5.01 Å². The molecule has 0 saturated carbocycles. The third-order valence-corrected chi connectivity index (χ3v) is 4.61. The molecule has 0 saturated heterocycles. The van der Waals surface area contributed by atoms with Crippen LogP contribution in [0.3, 0.4) is 0 Å². The lowest BCUT2D eigenvalue weighted by molar-refractivity contribution is -0.133. The van der Waals surface area contributed by atoms with Crippen molar-refractivity contribution in [3.8, 4) is 12.1 Å². The van der Waals surface area contributed by atoms with E-state index in [1.54, 1.807) is 6.92 Å². The zero-order chi connectivity index (χ0) is 18.5. The molecule has 2 aromatic rings. The van der Waals surface area contributed by atoms with Crippen molar-refractivity contribution in [2.24, 2.45) is 16.9 Å². The zero-order valence-electron chi connectivity index (χ0n) is 14.4. The molecule has 1 amide bonds. The standard InChI is InChI=1S/C21H18N4O/c1-15-19(20(18(12-22)13-23)17-10-6-3-7-11-17)21(26)25(24-15)14-16-8-4-2-5-9-16/h2-11,18-20H,14H2,1H3/t19-,20+/m0/s1.